The largest absolute Gasteiger partial charge is 0.226 e. The van der Waals surface area contributed by atoms with E-state index in [0.29, 0.717) is 11.8 Å². The Bertz CT molecular complexity index is 3110. The van der Waals surface area contributed by atoms with Crippen LogP contribution < -0.4 is 0 Å². The summed E-state index contributed by atoms with van der Waals surface area (Å²) >= 11 is 1.79. The minimum atomic E-state index is 0.478. The van der Waals surface area contributed by atoms with Crippen molar-refractivity contribution in [2.24, 2.45) is 0 Å². The summed E-state index contributed by atoms with van der Waals surface area (Å²) in [5, 5.41) is 3.66. The molecule has 0 aliphatic heterocycles. The molecular weight excluding hydrogens is 697 g/mol. The van der Waals surface area contributed by atoms with Gasteiger partial charge in [0.15, 0.2) is 5.82 Å². The van der Waals surface area contributed by atoms with Crippen molar-refractivity contribution in [2.45, 2.75) is 18.3 Å². The van der Waals surface area contributed by atoms with E-state index in [9.17, 15) is 0 Å². The summed E-state index contributed by atoms with van der Waals surface area (Å²) in [6.07, 6.45) is 1.16. The van der Waals surface area contributed by atoms with Crippen LogP contribution in [0.25, 0.3) is 98.2 Å². The van der Waals surface area contributed by atoms with Crippen molar-refractivity contribution in [1.29, 1.82) is 0 Å². The van der Waals surface area contributed by atoms with Crippen molar-refractivity contribution in [3.05, 3.63) is 193 Å². The average Bonchev–Trinajstić information content (AvgIpc) is 4.00. The number of hydrogen-bond acceptors (Lipinski definition) is 3. The Morgan fingerprint density at radius 1 is 0.411 bits per heavy atom. The van der Waals surface area contributed by atoms with E-state index >= 15 is 0 Å². The van der Waals surface area contributed by atoms with Crippen molar-refractivity contribution in [3.8, 4) is 67.2 Å². The van der Waals surface area contributed by atoms with Crippen LogP contribution in [0.1, 0.15) is 29.4 Å². The van der Waals surface area contributed by atoms with Crippen molar-refractivity contribution in [2.75, 3.05) is 0 Å². The number of rotatable bonds is 5. The van der Waals surface area contributed by atoms with Gasteiger partial charge in [-0.3, -0.25) is 0 Å². The minimum absolute atomic E-state index is 0.478. The van der Waals surface area contributed by atoms with E-state index < -0.39 is 0 Å². The van der Waals surface area contributed by atoms with Crippen LogP contribution in [0.4, 0.5) is 0 Å². The quantitative estimate of drug-likeness (QED) is 0.176. The molecule has 8 aromatic carbocycles. The summed E-state index contributed by atoms with van der Waals surface area (Å²) in [6, 6.07) is 66.4. The van der Waals surface area contributed by atoms with Gasteiger partial charge in [0.05, 0.1) is 15.9 Å². The van der Waals surface area contributed by atoms with Crippen molar-refractivity contribution < 1.29 is 0 Å². The van der Waals surface area contributed by atoms with Gasteiger partial charge in [-0.15, -0.1) is 11.3 Å². The van der Waals surface area contributed by atoms with Crippen LogP contribution in [0.3, 0.4) is 0 Å². The lowest BCUT2D eigenvalue weighted by molar-refractivity contribution is 1.01. The van der Waals surface area contributed by atoms with E-state index in [2.05, 4.69) is 182 Å². The predicted molar refractivity (Wildman–Crippen MR) is 235 cm³/mol. The van der Waals surface area contributed by atoms with Crippen LogP contribution in [0.15, 0.2) is 182 Å². The van der Waals surface area contributed by atoms with Crippen LogP contribution in [0.2, 0.25) is 0 Å². The Morgan fingerprint density at radius 3 is 1.68 bits per heavy atom. The number of benzene rings is 8. The van der Waals surface area contributed by atoms with Gasteiger partial charge in [-0.25, -0.2) is 9.97 Å². The molecule has 1 saturated carbocycles. The van der Waals surface area contributed by atoms with Gasteiger partial charge >= 0.3 is 0 Å². The molecule has 2 aliphatic carbocycles. The SMILES string of the molecule is c1ccc(-c2cc(-c3ccccc3)cc(-c3ccc4c(c3)C3CC3c3cc(-c5nc(-c6ccccc6)c6sc7ccccc7c6n5)c5ccccc5c3-4)c2)cc1. The highest BCUT2D eigenvalue weighted by atomic mass is 32.1. The van der Waals surface area contributed by atoms with E-state index in [0.717, 1.165) is 39.3 Å². The maximum Gasteiger partial charge on any atom is 0.161 e. The third-order valence-electron chi connectivity index (χ3n) is 12.0. The van der Waals surface area contributed by atoms with Crippen molar-refractivity contribution in [3.63, 3.8) is 0 Å². The first kappa shape index (κ1) is 31.6. The second kappa shape index (κ2) is 12.4. The molecule has 0 spiro atoms. The molecule has 2 aromatic heterocycles. The monoisotopic (exact) mass is 730 g/mol. The molecule has 0 N–H and O–H groups in total. The van der Waals surface area contributed by atoms with E-state index in [-0.39, 0.29) is 0 Å². The topological polar surface area (TPSA) is 25.8 Å². The lowest BCUT2D eigenvalue weighted by Gasteiger charge is -2.24. The smallest absolute Gasteiger partial charge is 0.161 e. The maximum atomic E-state index is 5.42. The third kappa shape index (κ3) is 5.01. The Labute approximate surface area is 329 Å². The number of fused-ring (bicyclic) bond motifs is 11. The predicted octanol–water partition coefficient (Wildman–Crippen LogP) is 14.6. The molecule has 10 aromatic rings. The van der Waals surface area contributed by atoms with E-state index in [1.807, 2.05) is 0 Å². The molecule has 2 heterocycles. The molecule has 12 rings (SSSR count). The number of hydrogen-bond donors (Lipinski definition) is 0. The standard InChI is InChI=1S/C53H34N2S/c1-4-14-32(15-5-1)36-26-37(33-16-6-2-7-17-33)28-38(27-36)35-24-25-41-43(29-35)44-30-45(44)46-31-47(39-20-10-11-21-40(39)49(41)46)53-54-50(34-18-8-3-9-19-34)52-51(55-53)42-22-12-13-23-48(42)56-52/h1-29,31,44-45H,30H2. The lowest BCUT2D eigenvalue weighted by atomic mass is 9.80. The fourth-order valence-electron chi connectivity index (χ4n) is 9.23. The van der Waals surface area contributed by atoms with E-state index in [1.165, 1.54) is 76.5 Å². The Kier molecular flexibility index (Phi) is 7.02. The molecule has 0 bridgehead atoms. The van der Waals surface area contributed by atoms with Gasteiger partial charge in [0, 0.05) is 21.2 Å². The summed E-state index contributed by atoms with van der Waals surface area (Å²) in [7, 11) is 0. The second-order valence-electron chi connectivity index (χ2n) is 15.3. The number of thiophene rings is 1. The highest BCUT2D eigenvalue weighted by molar-refractivity contribution is 7.26. The van der Waals surface area contributed by atoms with Crippen LogP contribution in [-0.4, -0.2) is 9.97 Å². The van der Waals surface area contributed by atoms with Crippen LogP contribution in [-0.2, 0) is 0 Å². The summed E-state index contributed by atoms with van der Waals surface area (Å²) in [5.74, 6) is 1.78. The van der Waals surface area contributed by atoms with Crippen LogP contribution >= 0.6 is 11.3 Å². The fraction of sp³-hybridized carbons (Fsp3) is 0.0566. The van der Waals surface area contributed by atoms with E-state index in [4.69, 9.17) is 9.97 Å². The summed E-state index contributed by atoms with van der Waals surface area (Å²) in [6.45, 7) is 0. The van der Waals surface area contributed by atoms with Gasteiger partial charge in [-0.2, -0.15) is 0 Å². The molecule has 56 heavy (non-hydrogen) atoms. The molecule has 2 aliphatic rings. The maximum absolute atomic E-state index is 5.42. The second-order valence-corrected chi connectivity index (χ2v) is 16.3. The highest BCUT2D eigenvalue weighted by Crippen LogP contribution is 2.64. The first-order valence-corrected chi connectivity index (χ1v) is 20.3. The van der Waals surface area contributed by atoms with Gasteiger partial charge in [0.25, 0.3) is 0 Å². The molecule has 262 valence electrons. The molecule has 0 saturated heterocycles. The van der Waals surface area contributed by atoms with Gasteiger partial charge in [-0.05, 0) is 115 Å². The Morgan fingerprint density at radius 2 is 0.982 bits per heavy atom. The zero-order chi connectivity index (χ0) is 36.7. The van der Waals surface area contributed by atoms with Crippen LogP contribution in [0.5, 0.6) is 0 Å². The molecule has 2 nitrogen and oxygen atoms in total. The Hall–Kier alpha value is -6.68. The molecule has 3 heteroatoms. The molecule has 2 unspecified atom stereocenters. The van der Waals surface area contributed by atoms with E-state index in [1.54, 1.807) is 11.3 Å². The Balaban J connectivity index is 1.04. The normalized spacial score (nSPS) is 15.4. The van der Waals surface area contributed by atoms with Gasteiger partial charge in [-0.1, -0.05) is 152 Å². The lowest BCUT2D eigenvalue weighted by Crippen LogP contribution is -2.03. The zero-order valence-corrected chi connectivity index (χ0v) is 31.3. The van der Waals surface area contributed by atoms with Gasteiger partial charge < -0.3 is 0 Å². The van der Waals surface area contributed by atoms with Gasteiger partial charge in [0.1, 0.15) is 0 Å². The third-order valence-corrected chi connectivity index (χ3v) is 13.1. The summed E-state index contributed by atoms with van der Waals surface area (Å²) in [5.41, 5.74) is 17.4. The number of nitrogens with zero attached hydrogens (tertiary/aromatic N) is 2. The van der Waals surface area contributed by atoms with Crippen molar-refractivity contribution in [1.82, 2.24) is 9.97 Å². The molecular formula is C53H34N2S. The molecule has 0 amide bonds. The summed E-state index contributed by atoms with van der Waals surface area (Å²) < 4.78 is 2.38. The zero-order valence-electron chi connectivity index (χ0n) is 30.5. The van der Waals surface area contributed by atoms with Crippen molar-refractivity contribution >= 4 is 42.4 Å². The molecule has 0 radical (unpaired) electrons. The summed E-state index contributed by atoms with van der Waals surface area (Å²) in [4.78, 5) is 10.8. The average molecular weight is 731 g/mol. The highest BCUT2D eigenvalue weighted by Gasteiger charge is 2.46. The van der Waals surface area contributed by atoms with Gasteiger partial charge in [0.2, 0.25) is 0 Å². The van der Waals surface area contributed by atoms with Crippen LogP contribution in [0, 0.1) is 0 Å². The fourth-order valence-corrected chi connectivity index (χ4v) is 10.4. The molecule has 1 fully saturated rings. The first-order chi connectivity index (χ1) is 27.7. The first-order valence-electron chi connectivity index (χ1n) is 19.5. The number of aromatic nitrogens is 2. The molecule has 2 atom stereocenters. The minimum Gasteiger partial charge on any atom is -0.226 e.